The van der Waals surface area contributed by atoms with Gasteiger partial charge in [-0.05, 0) is 44.2 Å². The van der Waals surface area contributed by atoms with Gasteiger partial charge in [0.1, 0.15) is 0 Å². The summed E-state index contributed by atoms with van der Waals surface area (Å²) in [4.78, 5) is 18.6. The van der Waals surface area contributed by atoms with Crippen molar-refractivity contribution in [2.45, 2.75) is 49.9 Å². The van der Waals surface area contributed by atoms with Gasteiger partial charge in [-0.2, -0.15) is 0 Å². The molecule has 27 heavy (non-hydrogen) atoms. The number of aromatic nitrogens is 4. The van der Waals surface area contributed by atoms with Gasteiger partial charge < -0.3 is 9.64 Å². The van der Waals surface area contributed by atoms with Crippen LogP contribution >= 0.6 is 11.8 Å². The summed E-state index contributed by atoms with van der Waals surface area (Å²) in [5, 5.41) is 9.56. The zero-order valence-corrected chi connectivity index (χ0v) is 16.2. The minimum absolute atomic E-state index is 0.179. The molecule has 1 atom stereocenters. The molecule has 0 radical (unpaired) electrons. The minimum Gasteiger partial charge on any atom is -0.376 e. The highest BCUT2D eigenvalue weighted by Gasteiger charge is 2.23. The molecule has 0 aliphatic carbocycles. The van der Waals surface area contributed by atoms with Crippen LogP contribution in [0.25, 0.3) is 11.4 Å². The zero-order valence-electron chi connectivity index (χ0n) is 15.4. The Balaban J connectivity index is 1.50. The Labute approximate surface area is 163 Å². The van der Waals surface area contributed by atoms with Gasteiger partial charge in [0, 0.05) is 37.7 Å². The van der Waals surface area contributed by atoms with Gasteiger partial charge in [0.05, 0.1) is 18.4 Å². The molecule has 0 aromatic carbocycles. The van der Waals surface area contributed by atoms with Crippen molar-refractivity contribution >= 4 is 17.7 Å². The van der Waals surface area contributed by atoms with E-state index in [1.54, 1.807) is 12.4 Å². The van der Waals surface area contributed by atoms with Crippen molar-refractivity contribution < 1.29 is 9.53 Å². The number of carbonyl (C=O) groups is 1. The summed E-state index contributed by atoms with van der Waals surface area (Å²) >= 11 is 1.47. The first-order chi connectivity index (χ1) is 13.3. The lowest BCUT2D eigenvalue weighted by atomic mass is 10.1. The number of ether oxygens (including phenoxy) is 1. The molecule has 144 valence electrons. The second kappa shape index (κ2) is 8.84. The molecule has 4 rings (SSSR count). The largest absolute Gasteiger partial charge is 0.376 e. The van der Waals surface area contributed by atoms with E-state index in [-0.39, 0.29) is 12.0 Å². The number of carbonyl (C=O) groups excluding carboxylic acids is 1. The Morgan fingerprint density at radius 2 is 1.96 bits per heavy atom. The Morgan fingerprint density at radius 3 is 2.70 bits per heavy atom. The fourth-order valence-corrected chi connectivity index (χ4v) is 4.48. The number of nitrogens with zero attached hydrogens (tertiary/aromatic N) is 5. The SMILES string of the molecule is O=C(CSc1nnc(-c2ccncc2)n1CC1CCCO1)N1CCCCC1. The van der Waals surface area contributed by atoms with Crippen molar-refractivity contribution in [1.82, 2.24) is 24.6 Å². The van der Waals surface area contributed by atoms with Crippen molar-refractivity contribution in [3.05, 3.63) is 24.5 Å². The van der Waals surface area contributed by atoms with Crippen LogP contribution in [0.15, 0.2) is 29.7 Å². The molecule has 2 saturated heterocycles. The maximum atomic E-state index is 12.5. The number of likely N-dealkylation sites (tertiary alicyclic amines) is 1. The van der Waals surface area contributed by atoms with Crippen LogP contribution in [0.1, 0.15) is 32.1 Å². The van der Waals surface area contributed by atoms with E-state index in [4.69, 9.17) is 4.74 Å². The number of hydrogen-bond donors (Lipinski definition) is 0. The Morgan fingerprint density at radius 1 is 1.15 bits per heavy atom. The summed E-state index contributed by atoms with van der Waals surface area (Å²) in [6.07, 6.45) is 9.27. The van der Waals surface area contributed by atoms with Crippen LogP contribution in [0.4, 0.5) is 0 Å². The third-order valence-electron chi connectivity index (χ3n) is 5.10. The molecule has 1 unspecified atom stereocenters. The molecule has 1 amide bonds. The highest BCUT2D eigenvalue weighted by molar-refractivity contribution is 7.99. The van der Waals surface area contributed by atoms with E-state index in [2.05, 4.69) is 19.7 Å². The second-order valence-electron chi connectivity index (χ2n) is 7.02. The second-order valence-corrected chi connectivity index (χ2v) is 7.96. The first-order valence-corrected chi connectivity index (χ1v) is 10.7. The molecule has 0 N–H and O–H groups in total. The van der Waals surface area contributed by atoms with Crippen molar-refractivity contribution in [3.8, 4) is 11.4 Å². The first kappa shape index (κ1) is 18.4. The Hall–Kier alpha value is -1.93. The van der Waals surface area contributed by atoms with Crippen LogP contribution in [0, 0.1) is 0 Å². The molecule has 0 spiro atoms. The van der Waals surface area contributed by atoms with Crippen LogP contribution in [-0.4, -0.2) is 62.1 Å². The normalized spacial score (nSPS) is 20.1. The third-order valence-corrected chi connectivity index (χ3v) is 6.05. The average molecular weight is 388 g/mol. The first-order valence-electron chi connectivity index (χ1n) is 9.67. The molecular weight excluding hydrogens is 362 g/mol. The van der Waals surface area contributed by atoms with Gasteiger partial charge in [0.25, 0.3) is 0 Å². The standard InChI is InChI=1S/C19H25N5O2S/c25-17(23-10-2-1-3-11-23)14-27-19-22-21-18(15-6-8-20-9-7-15)24(19)13-16-5-4-12-26-16/h6-9,16H,1-5,10-14H2. The maximum absolute atomic E-state index is 12.5. The maximum Gasteiger partial charge on any atom is 0.233 e. The molecule has 2 aliphatic rings. The number of hydrogen-bond acceptors (Lipinski definition) is 6. The molecule has 2 aromatic heterocycles. The molecule has 0 saturated carbocycles. The molecule has 7 nitrogen and oxygen atoms in total. The smallest absolute Gasteiger partial charge is 0.233 e. The number of amides is 1. The summed E-state index contributed by atoms with van der Waals surface area (Å²) < 4.78 is 7.92. The third kappa shape index (κ3) is 4.50. The number of piperidine rings is 1. The zero-order chi connectivity index (χ0) is 18.5. The van der Waals surface area contributed by atoms with Crippen molar-refractivity contribution in [3.63, 3.8) is 0 Å². The van der Waals surface area contributed by atoms with Gasteiger partial charge in [-0.15, -0.1) is 10.2 Å². The highest BCUT2D eigenvalue weighted by Crippen LogP contribution is 2.26. The monoisotopic (exact) mass is 387 g/mol. The lowest BCUT2D eigenvalue weighted by molar-refractivity contribution is -0.129. The van der Waals surface area contributed by atoms with Gasteiger partial charge in [-0.3, -0.25) is 14.3 Å². The van der Waals surface area contributed by atoms with Crippen molar-refractivity contribution in [2.24, 2.45) is 0 Å². The quantitative estimate of drug-likeness (QED) is 0.710. The topological polar surface area (TPSA) is 73.1 Å². The van der Waals surface area contributed by atoms with E-state index >= 15 is 0 Å². The lowest BCUT2D eigenvalue weighted by Gasteiger charge is -2.26. The molecule has 2 aromatic rings. The molecule has 2 fully saturated rings. The molecule has 8 heteroatoms. The van der Waals surface area contributed by atoms with Gasteiger partial charge in [-0.25, -0.2) is 0 Å². The van der Waals surface area contributed by atoms with E-state index in [1.807, 2.05) is 17.0 Å². The number of rotatable bonds is 6. The number of pyridine rings is 1. The summed E-state index contributed by atoms with van der Waals surface area (Å²) in [6.45, 7) is 3.28. The predicted molar refractivity (Wildman–Crippen MR) is 103 cm³/mol. The van der Waals surface area contributed by atoms with E-state index in [0.29, 0.717) is 12.3 Å². The summed E-state index contributed by atoms with van der Waals surface area (Å²) in [7, 11) is 0. The fraction of sp³-hybridized carbons (Fsp3) is 0.579. The summed E-state index contributed by atoms with van der Waals surface area (Å²) in [5.74, 6) is 1.40. The van der Waals surface area contributed by atoms with E-state index in [9.17, 15) is 4.79 Å². The average Bonchev–Trinajstić information content (AvgIpc) is 3.38. The van der Waals surface area contributed by atoms with Crippen LogP contribution in [0.5, 0.6) is 0 Å². The molecule has 4 heterocycles. The Kier molecular flexibility index (Phi) is 6.03. The fourth-order valence-electron chi connectivity index (χ4n) is 3.63. The molecule has 2 aliphatic heterocycles. The summed E-state index contributed by atoms with van der Waals surface area (Å²) in [5.41, 5.74) is 0.977. The van der Waals surface area contributed by atoms with Gasteiger partial charge in [0.2, 0.25) is 5.91 Å². The van der Waals surface area contributed by atoms with Gasteiger partial charge >= 0.3 is 0 Å². The molecule has 0 bridgehead atoms. The van der Waals surface area contributed by atoms with Gasteiger partial charge in [0.15, 0.2) is 11.0 Å². The highest BCUT2D eigenvalue weighted by atomic mass is 32.2. The van der Waals surface area contributed by atoms with E-state index in [1.165, 1.54) is 18.2 Å². The van der Waals surface area contributed by atoms with Crippen molar-refractivity contribution in [1.29, 1.82) is 0 Å². The predicted octanol–water partition coefficient (Wildman–Crippen LogP) is 2.62. The van der Waals surface area contributed by atoms with Crippen LogP contribution in [0.2, 0.25) is 0 Å². The number of thioether (sulfide) groups is 1. The van der Waals surface area contributed by atoms with E-state index < -0.39 is 0 Å². The van der Waals surface area contributed by atoms with E-state index in [0.717, 1.165) is 61.9 Å². The lowest BCUT2D eigenvalue weighted by Crippen LogP contribution is -2.36. The minimum atomic E-state index is 0.179. The summed E-state index contributed by atoms with van der Waals surface area (Å²) in [6, 6.07) is 3.87. The molecular formula is C19H25N5O2S. The van der Waals surface area contributed by atoms with Gasteiger partial charge in [-0.1, -0.05) is 11.8 Å². The Bertz CT molecular complexity index is 755. The van der Waals surface area contributed by atoms with Crippen molar-refractivity contribution in [2.75, 3.05) is 25.4 Å². The van der Waals surface area contributed by atoms with Crippen LogP contribution < -0.4 is 0 Å². The van der Waals surface area contributed by atoms with Crippen LogP contribution in [-0.2, 0) is 16.1 Å². The van der Waals surface area contributed by atoms with Crippen LogP contribution in [0.3, 0.4) is 0 Å².